The molecule has 3 aromatic rings. The molecule has 3 rings (SSSR count). The van der Waals surface area contributed by atoms with Gasteiger partial charge in [0, 0.05) is 11.1 Å². The molecule has 0 atom stereocenters. The maximum absolute atomic E-state index is 5.85. The van der Waals surface area contributed by atoms with Crippen LogP contribution in [0.1, 0.15) is 13.8 Å². The van der Waals surface area contributed by atoms with E-state index in [1.54, 1.807) is 33.5 Å². The van der Waals surface area contributed by atoms with Crippen LogP contribution in [0.5, 0.6) is 23.0 Å². The third-order valence-corrected chi connectivity index (χ3v) is 4.02. The Morgan fingerprint density at radius 1 is 0.821 bits per heavy atom. The smallest absolute Gasteiger partial charge is 0.248 e. The molecule has 148 valence electrons. The lowest BCUT2D eigenvalue weighted by atomic mass is 10.2. The summed E-state index contributed by atoms with van der Waals surface area (Å²) in [6.07, 6.45) is 0. The summed E-state index contributed by atoms with van der Waals surface area (Å²) in [6, 6.07) is 11.1. The van der Waals surface area contributed by atoms with Gasteiger partial charge in [-0.05, 0) is 42.3 Å². The van der Waals surface area contributed by atoms with Gasteiger partial charge >= 0.3 is 0 Å². The Kier molecular flexibility index (Phi) is 6.03. The Bertz CT molecular complexity index is 894. The van der Waals surface area contributed by atoms with Gasteiger partial charge in [0.15, 0.2) is 11.5 Å². The lowest BCUT2D eigenvalue weighted by Gasteiger charge is -2.12. The zero-order valence-corrected chi connectivity index (χ0v) is 16.7. The van der Waals surface area contributed by atoms with Gasteiger partial charge in [-0.1, -0.05) is 13.8 Å². The van der Waals surface area contributed by atoms with Crippen LogP contribution in [0.2, 0.25) is 0 Å². The van der Waals surface area contributed by atoms with E-state index < -0.39 is 0 Å². The molecule has 0 aliphatic carbocycles. The number of aromatic nitrogens is 2. The standard InChI is InChI=1S/C21H24N2O5/c1-13(2)12-27-16-8-6-14(7-9-16)20-22-23-21(28-20)15-10-17(24-3)19(26-5)18(11-15)25-4/h6-11,13H,12H2,1-5H3. The van der Waals surface area contributed by atoms with Crippen LogP contribution in [-0.2, 0) is 0 Å². The molecule has 0 radical (unpaired) electrons. The van der Waals surface area contributed by atoms with Gasteiger partial charge in [0.1, 0.15) is 5.75 Å². The number of nitrogens with zero attached hydrogens (tertiary/aromatic N) is 2. The fourth-order valence-electron chi connectivity index (χ4n) is 2.62. The second-order valence-corrected chi connectivity index (χ2v) is 6.56. The van der Waals surface area contributed by atoms with Crippen molar-refractivity contribution in [1.82, 2.24) is 10.2 Å². The van der Waals surface area contributed by atoms with Crippen molar-refractivity contribution in [2.45, 2.75) is 13.8 Å². The van der Waals surface area contributed by atoms with Gasteiger partial charge < -0.3 is 23.4 Å². The van der Waals surface area contributed by atoms with Crippen LogP contribution in [0.25, 0.3) is 22.9 Å². The van der Waals surface area contributed by atoms with Crippen molar-refractivity contribution in [1.29, 1.82) is 0 Å². The van der Waals surface area contributed by atoms with E-state index in [9.17, 15) is 0 Å². The van der Waals surface area contributed by atoms with E-state index in [1.165, 1.54) is 0 Å². The molecule has 7 heteroatoms. The van der Waals surface area contributed by atoms with Gasteiger partial charge in [-0.15, -0.1) is 10.2 Å². The molecular weight excluding hydrogens is 360 g/mol. The summed E-state index contributed by atoms with van der Waals surface area (Å²) in [7, 11) is 4.67. The Labute approximate surface area is 164 Å². The van der Waals surface area contributed by atoms with Crippen molar-refractivity contribution < 1.29 is 23.4 Å². The molecule has 0 unspecified atom stereocenters. The fourth-order valence-corrected chi connectivity index (χ4v) is 2.62. The molecule has 0 fully saturated rings. The number of rotatable bonds is 8. The van der Waals surface area contributed by atoms with Gasteiger partial charge in [-0.3, -0.25) is 0 Å². The molecule has 1 heterocycles. The molecule has 0 saturated carbocycles. The maximum Gasteiger partial charge on any atom is 0.248 e. The summed E-state index contributed by atoms with van der Waals surface area (Å²) in [4.78, 5) is 0. The van der Waals surface area contributed by atoms with Gasteiger partial charge in [0.05, 0.1) is 27.9 Å². The van der Waals surface area contributed by atoms with Gasteiger partial charge in [-0.25, -0.2) is 0 Å². The van der Waals surface area contributed by atoms with E-state index in [-0.39, 0.29) is 0 Å². The van der Waals surface area contributed by atoms with Crippen molar-refractivity contribution in [3.8, 4) is 45.9 Å². The maximum atomic E-state index is 5.85. The Balaban J connectivity index is 1.86. The van der Waals surface area contributed by atoms with E-state index in [4.69, 9.17) is 23.4 Å². The topological polar surface area (TPSA) is 75.8 Å². The molecule has 0 aliphatic rings. The van der Waals surface area contributed by atoms with Gasteiger partial charge in [0.25, 0.3) is 0 Å². The van der Waals surface area contributed by atoms with Gasteiger partial charge in [0.2, 0.25) is 17.5 Å². The molecule has 28 heavy (non-hydrogen) atoms. The predicted molar refractivity (Wildman–Crippen MR) is 105 cm³/mol. The minimum atomic E-state index is 0.356. The second-order valence-electron chi connectivity index (χ2n) is 6.56. The molecule has 0 aliphatic heterocycles. The largest absolute Gasteiger partial charge is 0.493 e. The normalized spacial score (nSPS) is 10.8. The minimum Gasteiger partial charge on any atom is -0.493 e. The Morgan fingerprint density at radius 3 is 1.89 bits per heavy atom. The molecule has 2 aromatic carbocycles. The molecular formula is C21H24N2O5. The molecule has 7 nitrogen and oxygen atoms in total. The lowest BCUT2D eigenvalue weighted by Crippen LogP contribution is -2.04. The molecule has 1 aromatic heterocycles. The van der Waals surface area contributed by atoms with E-state index in [0.717, 1.165) is 11.3 Å². The van der Waals surface area contributed by atoms with Crippen molar-refractivity contribution in [3.05, 3.63) is 36.4 Å². The third-order valence-electron chi connectivity index (χ3n) is 4.02. The second kappa shape index (κ2) is 8.65. The highest BCUT2D eigenvalue weighted by molar-refractivity contribution is 5.66. The quantitative estimate of drug-likeness (QED) is 0.567. The van der Waals surface area contributed by atoms with Crippen LogP contribution in [0.3, 0.4) is 0 Å². The predicted octanol–water partition coefficient (Wildman–Crippen LogP) is 4.46. The zero-order chi connectivity index (χ0) is 20.1. The minimum absolute atomic E-state index is 0.356. The summed E-state index contributed by atoms with van der Waals surface area (Å²) in [5, 5.41) is 8.30. The first kappa shape index (κ1) is 19.5. The SMILES string of the molecule is COc1cc(-c2nnc(-c3ccc(OCC(C)C)cc3)o2)cc(OC)c1OC. The molecule has 0 spiro atoms. The fraction of sp³-hybridized carbons (Fsp3) is 0.333. The number of ether oxygens (including phenoxy) is 4. The monoisotopic (exact) mass is 384 g/mol. The van der Waals surface area contributed by atoms with Crippen LogP contribution >= 0.6 is 0 Å². The van der Waals surface area contributed by atoms with E-state index >= 15 is 0 Å². The summed E-state index contributed by atoms with van der Waals surface area (Å²) >= 11 is 0. The number of hydrogen-bond acceptors (Lipinski definition) is 7. The summed E-state index contributed by atoms with van der Waals surface area (Å²) in [5.74, 6) is 3.59. The van der Waals surface area contributed by atoms with Crippen LogP contribution < -0.4 is 18.9 Å². The zero-order valence-electron chi connectivity index (χ0n) is 16.7. The molecule has 0 saturated heterocycles. The van der Waals surface area contributed by atoms with Crippen molar-refractivity contribution in [2.24, 2.45) is 5.92 Å². The van der Waals surface area contributed by atoms with Crippen LogP contribution in [0, 0.1) is 5.92 Å². The highest BCUT2D eigenvalue weighted by Crippen LogP contribution is 2.41. The van der Waals surface area contributed by atoms with Gasteiger partial charge in [-0.2, -0.15) is 0 Å². The Hall–Kier alpha value is -3.22. The average molecular weight is 384 g/mol. The molecule has 0 bridgehead atoms. The van der Waals surface area contributed by atoms with Crippen LogP contribution in [0.15, 0.2) is 40.8 Å². The Morgan fingerprint density at radius 2 is 1.39 bits per heavy atom. The number of hydrogen-bond donors (Lipinski definition) is 0. The lowest BCUT2D eigenvalue weighted by molar-refractivity contribution is 0.271. The van der Waals surface area contributed by atoms with E-state index in [0.29, 0.717) is 47.1 Å². The van der Waals surface area contributed by atoms with Crippen molar-refractivity contribution in [2.75, 3.05) is 27.9 Å². The summed E-state index contributed by atoms with van der Waals surface area (Å²) in [5.41, 5.74) is 1.48. The first-order chi connectivity index (χ1) is 13.5. The highest BCUT2D eigenvalue weighted by Gasteiger charge is 2.18. The van der Waals surface area contributed by atoms with Crippen molar-refractivity contribution >= 4 is 0 Å². The average Bonchev–Trinajstić information content (AvgIpc) is 3.21. The van der Waals surface area contributed by atoms with E-state index in [2.05, 4.69) is 24.0 Å². The van der Waals surface area contributed by atoms with Crippen molar-refractivity contribution in [3.63, 3.8) is 0 Å². The first-order valence-electron chi connectivity index (χ1n) is 8.92. The van der Waals surface area contributed by atoms with Crippen LogP contribution in [0.4, 0.5) is 0 Å². The number of benzene rings is 2. The highest BCUT2D eigenvalue weighted by atomic mass is 16.5. The third kappa shape index (κ3) is 4.19. The first-order valence-corrected chi connectivity index (χ1v) is 8.92. The summed E-state index contributed by atoms with van der Waals surface area (Å²) in [6.45, 7) is 4.89. The molecule has 0 amide bonds. The number of methoxy groups -OCH3 is 3. The summed E-state index contributed by atoms with van der Waals surface area (Å²) < 4.78 is 27.6. The van der Waals surface area contributed by atoms with Crippen LogP contribution in [-0.4, -0.2) is 38.1 Å². The van der Waals surface area contributed by atoms with E-state index in [1.807, 2.05) is 24.3 Å². The molecule has 0 N–H and O–H groups in total.